The lowest BCUT2D eigenvalue weighted by atomic mass is 10.0. The summed E-state index contributed by atoms with van der Waals surface area (Å²) in [6.07, 6.45) is 1.64. The van der Waals surface area contributed by atoms with Gasteiger partial charge in [-0.1, -0.05) is 0 Å². The van der Waals surface area contributed by atoms with Gasteiger partial charge in [-0.3, -0.25) is 9.78 Å². The molecule has 0 aliphatic carbocycles. The fourth-order valence-electron chi connectivity index (χ4n) is 2.14. The van der Waals surface area contributed by atoms with Gasteiger partial charge in [0.15, 0.2) is 17.3 Å². The second kappa shape index (κ2) is 6.26. The van der Waals surface area contributed by atoms with E-state index in [1.165, 1.54) is 6.92 Å². The topological polar surface area (TPSA) is 57.7 Å². The van der Waals surface area contributed by atoms with Crippen molar-refractivity contribution in [1.29, 1.82) is 0 Å². The first-order valence-electron chi connectivity index (χ1n) is 6.38. The van der Waals surface area contributed by atoms with Crippen LogP contribution in [-0.2, 0) is 0 Å². The van der Waals surface area contributed by atoms with Crippen molar-refractivity contribution >= 4 is 5.78 Å². The molecule has 0 aliphatic rings. The number of carbonyl (C=O) groups excluding carboxylic acids is 1. The van der Waals surface area contributed by atoms with Crippen molar-refractivity contribution in [3.05, 3.63) is 36.0 Å². The van der Waals surface area contributed by atoms with E-state index in [4.69, 9.17) is 14.2 Å². The number of carbonyl (C=O) groups is 1. The molecule has 0 aliphatic heterocycles. The summed E-state index contributed by atoms with van der Waals surface area (Å²) in [6, 6.07) is 7.03. The Morgan fingerprint density at radius 1 is 1.05 bits per heavy atom. The molecule has 21 heavy (non-hydrogen) atoms. The Hall–Kier alpha value is -2.56. The van der Waals surface area contributed by atoms with Gasteiger partial charge in [-0.05, 0) is 31.2 Å². The molecule has 2 aromatic rings. The largest absolute Gasteiger partial charge is 0.493 e. The molecule has 2 rings (SSSR count). The highest BCUT2D eigenvalue weighted by atomic mass is 16.5. The summed E-state index contributed by atoms with van der Waals surface area (Å²) >= 11 is 0. The van der Waals surface area contributed by atoms with E-state index in [0.717, 1.165) is 5.56 Å². The zero-order chi connectivity index (χ0) is 15.4. The number of ketones is 1. The zero-order valence-corrected chi connectivity index (χ0v) is 12.5. The highest BCUT2D eigenvalue weighted by Gasteiger charge is 2.17. The van der Waals surface area contributed by atoms with Crippen LogP contribution in [0, 0.1) is 0 Å². The van der Waals surface area contributed by atoms with Crippen molar-refractivity contribution < 1.29 is 19.0 Å². The molecule has 1 aromatic heterocycles. The van der Waals surface area contributed by atoms with E-state index >= 15 is 0 Å². The summed E-state index contributed by atoms with van der Waals surface area (Å²) in [6.45, 7) is 1.51. The molecule has 0 atom stereocenters. The normalized spacial score (nSPS) is 10.1. The van der Waals surface area contributed by atoms with Gasteiger partial charge < -0.3 is 14.2 Å². The average molecular weight is 287 g/mol. The quantitative estimate of drug-likeness (QED) is 0.791. The zero-order valence-electron chi connectivity index (χ0n) is 12.5. The Balaban J connectivity index is 2.68. The molecule has 0 saturated heterocycles. The molecule has 0 bridgehead atoms. The number of benzene rings is 1. The van der Waals surface area contributed by atoms with E-state index < -0.39 is 0 Å². The van der Waals surface area contributed by atoms with Crippen LogP contribution in [0.5, 0.6) is 17.2 Å². The van der Waals surface area contributed by atoms with Crippen LogP contribution >= 0.6 is 0 Å². The molecule has 0 unspecified atom stereocenters. The van der Waals surface area contributed by atoms with E-state index in [9.17, 15) is 4.79 Å². The third kappa shape index (κ3) is 2.81. The van der Waals surface area contributed by atoms with Crippen molar-refractivity contribution in [1.82, 2.24) is 4.98 Å². The first-order valence-corrected chi connectivity index (χ1v) is 6.38. The van der Waals surface area contributed by atoms with Gasteiger partial charge in [-0.2, -0.15) is 0 Å². The molecule has 0 saturated carbocycles. The molecule has 5 nitrogen and oxygen atoms in total. The van der Waals surface area contributed by atoms with Gasteiger partial charge in [0.1, 0.15) is 0 Å². The van der Waals surface area contributed by atoms with E-state index in [1.807, 2.05) is 0 Å². The van der Waals surface area contributed by atoms with Gasteiger partial charge in [-0.15, -0.1) is 0 Å². The molecular weight excluding hydrogens is 270 g/mol. The van der Waals surface area contributed by atoms with Crippen molar-refractivity contribution in [2.75, 3.05) is 21.3 Å². The van der Waals surface area contributed by atoms with Crippen molar-refractivity contribution in [2.24, 2.45) is 0 Å². The molecule has 0 fully saturated rings. The lowest BCUT2D eigenvalue weighted by Crippen LogP contribution is -2.00. The maximum Gasteiger partial charge on any atom is 0.203 e. The van der Waals surface area contributed by atoms with E-state index in [-0.39, 0.29) is 5.78 Å². The van der Waals surface area contributed by atoms with Crippen LogP contribution in [0.25, 0.3) is 11.3 Å². The minimum absolute atomic E-state index is 0.0492. The Morgan fingerprint density at radius 3 is 2.14 bits per heavy atom. The molecule has 110 valence electrons. The fourth-order valence-corrected chi connectivity index (χ4v) is 2.14. The molecular formula is C16H17NO4. The number of methoxy groups -OCH3 is 3. The molecule has 0 N–H and O–H groups in total. The maximum absolute atomic E-state index is 11.7. The number of rotatable bonds is 5. The number of nitrogens with zero attached hydrogens (tertiary/aromatic N) is 1. The lowest BCUT2D eigenvalue weighted by molar-refractivity contribution is 0.101. The molecule has 0 amide bonds. The van der Waals surface area contributed by atoms with Gasteiger partial charge >= 0.3 is 0 Å². The predicted octanol–water partition coefficient (Wildman–Crippen LogP) is 2.98. The van der Waals surface area contributed by atoms with Crippen LogP contribution in [0.2, 0.25) is 0 Å². The number of hydrogen-bond acceptors (Lipinski definition) is 5. The van der Waals surface area contributed by atoms with Gasteiger partial charge in [-0.25, -0.2) is 0 Å². The lowest BCUT2D eigenvalue weighted by Gasteiger charge is -2.14. The minimum atomic E-state index is -0.0492. The van der Waals surface area contributed by atoms with Crippen molar-refractivity contribution in [2.45, 2.75) is 6.92 Å². The molecule has 5 heteroatoms. The minimum Gasteiger partial charge on any atom is -0.493 e. The SMILES string of the molecule is COc1cc(-c2ncccc2C(C)=O)cc(OC)c1OC. The van der Waals surface area contributed by atoms with Crippen LogP contribution < -0.4 is 14.2 Å². The first-order chi connectivity index (χ1) is 10.1. The molecule has 1 aromatic carbocycles. The number of pyridine rings is 1. The summed E-state index contributed by atoms with van der Waals surface area (Å²) in [4.78, 5) is 16.0. The van der Waals surface area contributed by atoms with E-state index in [1.54, 1.807) is 51.8 Å². The van der Waals surface area contributed by atoms with Crippen LogP contribution in [0.3, 0.4) is 0 Å². The van der Waals surface area contributed by atoms with Crippen LogP contribution in [0.1, 0.15) is 17.3 Å². The molecule has 0 spiro atoms. The van der Waals surface area contributed by atoms with Crippen LogP contribution in [-0.4, -0.2) is 32.1 Å². The Kier molecular flexibility index (Phi) is 4.42. The Bertz CT molecular complexity index is 642. The van der Waals surface area contributed by atoms with E-state index in [0.29, 0.717) is 28.5 Å². The third-order valence-corrected chi connectivity index (χ3v) is 3.13. The monoisotopic (exact) mass is 287 g/mol. The van der Waals surface area contributed by atoms with Gasteiger partial charge in [0, 0.05) is 17.3 Å². The second-order valence-electron chi connectivity index (χ2n) is 4.37. The fraction of sp³-hybridized carbons (Fsp3) is 0.250. The first kappa shape index (κ1) is 14.8. The Morgan fingerprint density at radius 2 is 1.67 bits per heavy atom. The summed E-state index contributed by atoms with van der Waals surface area (Å²) in [7, 11) is 4.64. The number of ether oxygens (including phenoxy) is 3. The van der Waals surface area contributed by atoms with Crippen molar-refractivity contribution in [3.63, 3.8) is 0 Å². The highest BCUT2D eigenvalue weighted by Crippen LogP contribution is 2.41. The van der Waals surface area contributed by atoms with Gasteiger partial charge in [0.25, 0.3) is 0 Å². The smallest absolute Gasteiger partial charge is 0.203 e. The molecule has 0 radical (unpaired) electrons. The summed E-state index contributed by atoms with van der Waals surface area (Å²) in [5.41, 5.74) is 1.87. The highest BCUT2D eigenvalue weighted by molar-refractivity contribution is 6.00. The third-order valence-electron chi connectivity index (χ3n) is 3.13. The predicted molar refractivity (Wildman–Crippen MR) is 79.3 cm³/mol. The van der Waals surface area contributed by atoms with Crippen LogP contribution in [0.15, 0.2) is 30.5 Å². The maximum atomic E-state index is 11.7. The standard InChI is InChI=1S/C16H17NO4/c1-10(18)12-6-5-7-17-15(12)11-8-13(19-2)16(21-4)14(9-11)20-3/h5-9H,1-4H3. The van der Waals surface area contributed by atoms with Gasteiger partial charge in [0.2, 0.25) is 5.75 Å². The number of aromatic nitrogens is 1. The number of Topliss-reactive ketones (excluding diaryl/α,β-unsaturated/α-hetero) is 1. The average Bonchev–Trinajstić information content (AvgIpc) is 2.53. The summed E-state index contributed by atoms with van der Waals surface area (Å²) in [5, 5.41) is 0. The Labute approximate surface area is 123 Å². The summed E-state index contributed by atoms with van der Waals surface area (Å²) < 4.78 is 15.9. The number of hydrogen-bond donors (Lipinski definition) is 0. The summed E-state index contributed by atoms with van der Waals surface area (Å²) in [5.74, 6) is 1.50. The van der Waals surface area contributed by atoms with Crippen molar-refractivity contribution in [3.8, 4) is 28.5 Å². The van der Waals surface area contributed by atoms with Crippen LogP contribution in [0.4, 0.5) is 0 Å². The second-order valence-corrected chi connectivity index (χ2v) is 4.37. The van der Waals surface area contributed by atoms with E-state index in [2.05, 4.69) is 4.98 Å². The molecule has 1 heterocycles. The van der Waals surface area contributed by atoms with Gasteiger partial charge in [0.05, 0.1) is 27.0 Å².